The van der Waals surface area contributed by atoms with Gasteiger partial charge >= 0.3 is 0 Å². The van der Waals surface area contributed by atoms with Gasteiger partial charge in [0.25, 0.3) is 0 Å². The molecule has 3 aromatic rings. The van der Waals surface area contributed by atoms with Gasteiger partial charge in [0.15, 0.2) is 0 Å². The van der Waals surface area contributed by atoms with E-state index in [2.05, 4.69) is 35.2 Å². The van der Waals surface area contributed by atoms with Crippen molar-refractivity contribution in [1.82, 2.24) is 9.97 Å². The summed E-state index contributed by atoms with van der Waals surface area (Å²) in [6.45, 7) is 0.954. The molecule has 0 atom stereocenters. The van der Waals surface area contributed by atoms with Crippen LogP contribution in [-0.2, 0) is 23.1 Å². The number of hydrogen-bond donors (Lipinski definition) is 0. The van der Waals surface area contributed by atoms with Crippen LogP contribution < -0.4 is 4.90 Å². The Morgan fingerprint density at radius 1 is 1.00 bits per heavy atom. The number of aryl methyl sites for hydroxylation is 1. The second-order valence-corrected chi connectivity index (χ2v) is 10.2. The minimum Gasteiger partial charge on any atom is -0.325 e. The lowest BCUT2D eigenvalue weighted by atomic mass is 9.62. The summed E-state index contributed by atoms with van der Waals surface area (Å²) in [4.78, 5) is 25.9. The van der Waals surface area contributed by atoms with Crippen LogP contribution in [0.2, 0.25) is 5.02 Å². The normalized spacial score (nSPS) is 19.0. The molecule has 2 saturated carbocycles. The van der Waals surface area contributed by atoms with Crippen molar-refractivity contribution in [2.45, 2.75) is 62.7 Å². The number of nitrogens with zero attached hydrogens (tertiary/aromatic N) is 3. The summed E-state index contributed by atoms with van der Waals surface area (Å²) in [5.74, 6) is 1.93. The number of fused-ring (bicyclic) bond motifs is 1. The van der Waals surface area contributed by atoms with Crippen molar-refractivity contribution in [3.63, 3.8) is 0 Å². The molecule has 2 aromatic heterocycles. The van der Waals surface area contributed by atoms with E-state index in [-0.39, 0.29) is 5.78 Å². The maximum atomic E-state index is 13.5. The molecule has 0 bridgehead atoms. The van der Waals surface area contributed by atoms with Crippen LogP contribution in [0.1, 0.15) is 67.1 Å². The third-order valence-corrected chi connectivity index (χ3v) is 7.83. The molecule has 5 heteroatoms. The predicted octanol–water partition coefficient (Wildman–Crippen LogP) is 6.33. The van der Waals surface area contributed by atoms with Crippen molar-refractivity contribution in [2.24, 2.45) is 0 Å². The highest BCUT2D eigenvalue weighted by Gasteiger charge is 2.46. The average Bonchev–Trinajstić information content (AvgIpc) is 3.65. The van der Waals surface area contributed by atoms with Crippen molar-refractivity contribution in [3.05, 3.63) is 82.3 Å². The van der Waals surface area contributed by atoms with Crippen molar-refractivity contribution in [3.8, 4) is 0 Å². The van der Waals surface area contributed by atoms with E-state index in [0.29, 0.717) is 17.4 Å². The Morgan fingerprint density at radius 3 is 2.55 bits per heavy atom. The first-order chi connectivity index (χ1) is 16.1. The molecule has 0 spiro atoms. The van der Waals surface area contributed by atoms with E-state index < -0.39 is 5.41 Å². The van der Waals surface area contributed by atoms with E-state index >= 15 is 0 Å². The predicted molar refractivity (Wildman–Crippen MR) is 131 cm³/mol. The summed E-state index contributed by atoms with van der Waals surface area (Å²) >= 11 is 6.02. The van der Waals surface area contributed by atoms with Crippen LogP contribution in [0.4, 0.5) is 11.5 Å². The van der Waals surface area contributed by atoms with E-state index in [1.165, 1.54) is 18.5 Å². The number of halogens is 1. The molecule has 0 unspecified atom stereocenters. The van der Waals surface area contributed by atoms with Gasteiger partial charge < -0.3 is 4.90 Å². The van der Waals surface area contributed by atoms with Gasteiger partial charge in [0.2, 0.25) is 0 Å². The Hall–Kier alpha value is -2.72. The highest BCUT2D eigenvalue weighted by atomic mass is 35.5. The first kappa shape index (κ1) is 20.9. The summed E-state index contributed by atoms with van der Waals surface area (Å²) in [5.41, 5.74) is 4.98. The molecule has 33 heavy (non-hydrogen) atoms. The Morgan fingerprint density at radius 2 is 1.82 bits per heavy atom. The third-order valence-electron chi connectivity index (χ3n) is 7.57. The van der Waals surface area contributed by atoms with Crippen LogP contribution in [0.25, 0.3) is 0 Å². The first-order valence-electron chi connectivity index (χ1n) is 12.1. The van der Waals surface area contributed by atoms with E-state index in [4.69, 9.17) is 21.6 Å². The largest absolute Gasteiger partial charge is 0.325 e. The Balaban J connectivity index is 1.29. The van der Waals surface area contributed by atoms with Crippen molar-refractivity contribution in [1.29, 1.82) is 0 Å². The van der Waals surface area contributed by atoms with Gasteiger partial charge in [-0.1, -0.05) is 36.2 Å². The fourth-order valence-electron chi connectivity index (χ4n) is 5.31. The number of benzene rings is 1. The first-order valence-corrected chi connectivity index (χ1v) is 12.5. The van der Waals surface area contributed by atoms with Crippen LogP contribution in [0.3, 0.4) is 0 Å². The molecule has 0 N–H and O–H groups in total. The van der Waals surface area contributed by atoms with Crippen LogP contribution in [0.15, 0.2) is 54.6 Å². The Bertz CT molecular complexity index is 1200. The van der Waals surface area contributed by atoms with Crippen LogP contribution in [0.5, 0.6) is 0 Å². The molecule has 3 aliphatic rings. The van der Waals surface area contributed by atoms with Crippen molar-refractivity contribution < 1.29 is 4.79 Å². The molecule has 1 aromatic carbocycles. The molecule has 168 valence electrons. The maximum Gasteiger partial charge on any atom is 0.149 e. The van der Waals surface area contributed by atoms with Gasteiger partial charge in [0.05, 0.1) is 22.5 Å². The van der Waals surface area contributed by atoms with Gasteiger partial charge in [-0.25, -0.2) is 4.98 Å². The van der Waals surface area contributed by atoms with E-state index in [9.17, 15) is 4.79 Å². The number of aromatic nitrogens is 2. The molecular weight excluding hydrogens is 430 g/mol. The van der Waals surface area contributed by atoms with Gasteiger partial charge in [0.1, 0.15) is 11.6 Å². The number of rotatable bonds is 6. The lowest BCUT2D eigenvalue weighted by Gasteiger charge is -2.41. The highest BCUT2D eigenvalue weighted by Crippen LogP contribution is 2.46. The number of carbonyl (C=O) groups excluding carboxylic acids is 1. The maximum absolute atomic E-state index is 13.5. The minimum absolute atomic E-state index is 0.273. The van der Waals surface area contributed by atoms with Crippen LogP contribution >= 0.6 is 11.6 Å². The number of pyridine rings is 2. The van der Waals surface area contributed by atoms with E-state index in [0.717, 1.165) is 67.1 Å². The monoisotopic (exact) mass is 457 g/mol. The summed E-state index contributed by atoms with van der Waals surface area (Å²) in [5, 5.41) is 0.697. The standard InChI is InChI=1S/C28H28ClN3O/c29-21-11-7-19(8-12-21)18-26(33)28(15-3-16-28)25-14-13-24-23(30-25)5-2-17-32(24)27-6-1-4-22(31-27)20-9-10-20/h1,4,6-8,11-14,20H,2-3,5,9-10,15-18H2. The average molecular weight is 458 g/mol. The third kappa shape index (κ3) is 3.85. The van der Waals surface area contributed by atoms with Gasteiger partial charge in [-0.3, -0.25) is 9.78 Å². The second kappa shape index (κ2) is 8.25. The number of anilines is 2. The number of Topliss-reactive ketones (excluding diaryl/α,β-unsaturated/α-hetero) is 1. The zero-order chi connectivity index (χ0) is 22.4. The quantitative estimate of drug-likeness (QED) is 0.434. The van der Waals surface area contributed by atoms with Gasteiger partial charge in [-0.15, -0.1) is 0 Å². The minimum atomic E-state index is -0.443. The molecular formula is C28H28ClN3O. The summed E-state index contributed by atoms with van der Waals surface area (Å²) < 4.78 is 0. The molecule has 2 fully saturated rings. The fourth-order valence-corrected chi connectivity index (χ4v) is 5.44. The van der Waals surface area contributed by atoms with Crippen molar-refractivity contribution >= 4 is 28.9 Å². The van der Waals surface area contributed by atoms with Crippen LogP contribution in [-0.4, -0.2) is 22.3 Å². The molecule has 4 nitrogen and oxygen atoms in total. The number of carbonyl (C=O) groups is 1. The van der Waals surface area contributed by atoms with Crippen LogP contribution in [0, 0.1) is 0 Å². The SMILES string of the molecule is O=C(Cc1ccc(Cl)cc1)C1(c2ccc3c(n2)CCCN3c2cccc(C3CC3)n2)CCC1. The zero-order valence-electron chi connectivity index (χ0n) is 18.8. The molecule has 0 radical (unpaired) electrons. The lowest BCUT2D eigenvalue weighted by molar-refractivity contribution is -0.127. The summed E-state index contributed by atoms with van der Waals surface area (Å²) in [6.07, 6.45) is 7.79. The molecule has 0 amide bonds. The molecule has 2 aliphatic carbocycles. The second-order valence-electron chi connectivity index (χ2n) is 9.77. The topological polar surface area (TPSA) is 46.1 Å². The Labute approximate surface area is 200 Å². The molecule has 3 heterocycles. The van der Waals surface area contributed by atoms with Crippen molar-refractivity contribution in [2.75, 3.05) is 11.4 Å². The zero-order valence-corrected chi connectivity index (χ0v) is 19.5. The number of hydrogen-bond acceptors (Lipinski definition) is 4. The highest BCUT2D eigenvalue weighted by molar-refractivity contribution is 6.30. The molecule has 1 aliphatic heterocycles. The Kier molecular flexibility index (Phi) is 5.21. The van der Waals surface area contributed by atoms with Gasteiger partial charge in [0, 0.05) is 29.6 Å². The molecule has 6 rings (SSSR count). The smallest absolute Gasteiger partial charge is 0.149 e. The van der Waals surface area contributed by atoms with E-state index in [1.807, 2.05) is 24.3 Å². The number of ketones is 1. The fraction of sp³-hybridized carbons (Fsp3) is 0.393. The summed E-state index contributed by atoms with van der Waals surface area (Å²) in [6, 6.07) is 18.3. The van der Waals surface area contributed by atoms with Gasteiger partial charge in [-0.2, -0.15) is 0 Å². The van der Waals surface area contributed by atoms with E-state index in [1.54, 1.807) is 0 Å². The lowest BCUT2D eigenvalue weighted by Crippen LogP contribution is -2.44. The molecule has 0 saturated heterocycles. The summed E-state index contributed by atoms with van der Waals surface area (Å²) in [7, 11) is 0. The van der Waals surface area contributed by atoms with Gasteiger partial charge in [-0.05, 0) is 80.5 Å².